The number of nitrogens with one attached hydrogen (secondary N) is 1. The second-order valence-corrected chi connectivity index (χ2v) is 4.43. The number of hydrogen-bond acceptors (Lipinski definition) is 4. The predicted octanol–water partition coefficient (Wildman–Crippen LogP) is 3.48. The van der Waals surface area contributed by atoms with Gasteiger partial charge in [0.05, 0.1) is 25.0 Å². The monoisotopic (exact) mass is 285 g/mol. The zero-order valence-electron chi connectivity index (χ0n) is 12.3. The fourth-order valence-electron chi connectivity index (χ4n) is 2.07. The van der Waals surface area contributed by atoms with Gasteiger partial charge >= 0.3 is 5.97 Å². The molecule has 110 valence electrons. The average Bonchev–Trinajstić information content (AvgIpc) is 2.54. The van der Waals surface area contributed by atoms with Gasteiger partial charge in [-0.2, -0.15) is 0 Å². The van der Waals surface area contributed by atoms with Crippen molar-refractivity contribution in [3.63, 3.8) is 0 Å². The first-order valence-corrected chi connectivity index (χ1v) is 6.88. The molecule has 2 aromatic carbocycles. The second-order valence-electron chi connectivity index (χ2n) is 4.43. The Labute approximate surface area is 124 Å². The van der Waals surface area contributed by atoms with Gasteiger partial charge in [-0.3, -0.25) is 0 Å². The summed E-state index contributed by atoms with van der Waals surface area (Å²) in [6.45, 7) is 3.08. The molecular formula is C17H19NO3. The van der Waals surface area contributed by atoms with E-state index < -0.39 is 0 Å². The molecule has 0 bridgehead atoms. The van der Waals surface area contributed by atoms with Crippen LogP contribution in [0, 0.1) is 0 Å². The topological polar surface area (TPSA) is 47.6 Å². The number of hydrogen-bond donors (Lipinski definition) is 1. The van der Waals surface area contributed by atoms with E-state index >= 15 is 0 Å². The van der Waals surface area contributed by atoms with Crippen LogP contribution in [0.3, 0.4) is 0 Å². The molecule has 0 saturated carbocycles. The van der Waals surface area contributed by atoms with Crippen molar-refractivity contribution in [2.24, 2.45) is 0 Å². The Bertz CT molecular complexity index is 610. The summed E-state index contributed by atoms with van der Waals surface area (Å²) in [4.78, 5) is 11.7. The number of carbonyl (C=O) groups excluding carboxylic acids is 1. The molecule has 0 aliphatic rings. The number of ether oxygens (including phenoxy) is 2. The van der Waals surface area contributed by atoms with E-state index in [0.29, 0.717) is 18.7 Å². The zero-order valence-corrected chi connectivity index (χ0v) is 12.3. The zero-order chi connectivity index (χ0) is 15.1. The molecule has 2 aromatic rings. The van der Waals surface area contributed by atoms with Crippen LogP contribution in [0.5, 0.6) is 5.75 Å². The highest BCUT2D eigenvalue weighted by atomic mass is 16.5. The Morgan fingerprint density at radius 2 is 1.81 bits per heavy atom. The molecule has 0 unspecified atom stereocenters. The number of para-hydroxylation sites is 2. The molecule has 0 aliphatic heterocycles. The van der Waals surface area contributed by atoms with Gasteiger partial charge < -0.3 is 14.8 Å². The summed E-state index contributed by atoms with van der Waals surface area (Å²) in [5, 5.41) is 3.30. The molecule has 21 heavy (non-hydrogen) atoms. The lowest BCUT2D eigenvalue weighted by atomic mass is 10.1. The third-order valence-corrected chi connectivity index (χ3v) is 3.08. The smallest absolute Gasteiger partial charge is 0.338 e. The molecular weight excluding hydrogens is 266 g/mol. The minimum atomic E-state index is -0.328. The van der Waals surface area contributed by atoms with Crippen LogP contribution in [0.15, 0.2) is 48.5 Å². The van der Waals surface area contributed by atoms with Crippen LogP contribution in [0.1, 0.15) is 22.8 Å². The molecule has 0 heterocycles. The molecule has 0 atom stereocenters. The second kappa shape index (κ2) is 7.33. The molecule has 4 heteroatoms. The fraction of sp³-hybridized carbons (Fsp3) is 0.235. The Hall–Kier alpha value is -2.49. The standard InChI is InChI=1S/C17H19NO3/c1-3-21-16-11-7-6-10-15(16)18-12-13-8-4-5-9-14(13)17(19)20-2/h4-11,18H,3,12H2,1-2H3. The van der Waals surface area contributed by atoms with Crippen molar-refractivity contribution in [1.82, 2.24) is 0 Å². The van der Waals surface area contributed by atoms with Crippen molar-refractivity contribution in [3.8, 4) is 5.75 Å². The Morgan fingerprint density at radius 1 is 1.10 bits per heavy atom. The summed E-state index contributed by atoms with van der Waals surface area (Å²) in [6, 6.07) is 15.1. The molecule has 2 rings (SSSR count). The van der Waals surface area contributed by atoms with Gasteiger partial charge in [-0.05, 0) is 30.7 Å². The first kappa shape index (κ1) is 14.9. The molecule has 0 saturated heterocycles. The summed E-state index contributed by atoms with van der Waals surface area (Å²) in [5.41, 5.74) is 2.36. The van der Waals surface area contributed by atoms with E-state index in [1.54, 1.807) is 6.07 Å². The average molecular weight is 285 g/mol. The molecule has 0 fully saturated rings. The van der Waals surface area contributed by atoms with Crippen molar-refractivity contribution in [3.05, 3.63) is 59.7 Å². The van der Waals surface area contributed by atoms with Gasteiger partial charge in [-0.1, -0.05) is 30.3 Å². The molecule has 4 nitrogen and oxygen atoms in total. The van der Waals surface area contributed by atoms with E-state index in [0.717, 1.165) is 17.0 Å². The van der Waals surface area contributed by atoms with Crippen LogP contribution >= 0.6 is 0 Å². The lowest BCUT2D eigenvalue weighted by molar-refractivity contribution is 0.0599. The highest BCUT2D eigenvalue weighted by molar-refractivity contribution is 5.91. The number of methoxy groups -OCH3 is 1. The maximum absolute atomic E-state index is 11.7. The molecule has 0 aliphatic carbocycles. The van der Waals surface area contributed by atoms with E-state index in [1.165, 1.54) is 7.11 Å². The third kappa shape index (κ3) is 3.75. The Kier molecular flexibility index (Phi) is 5.21. The van der Waals surface area contributed by atoms with Crippen molar-refractivity contribution in [2.75, 3.05) is 19.0 Å². The van der Waals surface area contributed by atoms with Gasteiger partial charge in [-0.25, -0.2) is 4.79 Å². The van der Waals surface area contributed by atoms with Crippen LogP contribution in [0.4, 0.5) is 5.69 Å². The lowest BCUT2D eigenvalue weighted by Crippen LogP contribution is -2.09. The van der Waals surface area contributed by atoms with Crippen LogP contribution in [0.25, 0.3) is 0 Å². The van der Waals surface area contributed by atoms with Gasteiger partial charge in [0, 0.05) is 6.54 Å². The van der Waals surface area contributed by atoms with Crippen molar-refractivity contribution < 1.29 is 14.3 Å². The maximum Gasteiger partial charge on any atom is 0.338 e. The molecule has 0 aromatic heterocycles. The van der Waals surface area contributed by atoms with Crippen LogP contribution in [-0.4, -0.2) is 19.7 Å². The summed E-state index contributed by atoms with van der Waals surface area (Å²) >= 11 is 0. The first-order chi connectivity index (χ1) is 10.3. The minimum absolute atomic E-state index is 0.328. The first-order valence-electron chi connectivity index (χ1n) is 6.88. The van der Waals surface area contributed by atoms with E-state index in [1.807, 2.05) is 49.4 Å². The van der Waals surface area contributed by atoms with E-state index in [-0.39, 0.29) is 5.97 Å². The van der Waals surface area contributed by atoms with Crippen LogP contribution in [-0.2, 0) is 11.3 Å². The number of anilines is 1. The Balaban J connectivity index is 2.15. The van der Waals surface area contributed by atoms with Gasteiger partial charge in [-0.15, -0.1) is 0 Å². The van der Waals surface area contributed by atoms with Gasteiger partial charge in [0.2, 0.25) is 0 Å². The summed E-state index contributed by atoms with van der Waals surface area (Å²) < 4.78 is 10.4. The predicted molar refractivity (Wildman–Crippen MR) is 82.7 cm³/mol. The summed E-state index contributed by atoms with van der Waals surface area (Å²) in [6.07, 6.45) is 0. The molecule has 0 radical (unpaired) electrons. The highest BCUT2D eigenvalue weighted by Gasteiger charge is 2.11. The number of benzene rings is 2. The normalized spacial score (nSPS) is 10.0. The van der Waals surface area contributed by atoms with Gasteiger partial charge in [0.1, 0.15) is 5.75 Å². The summed E-state index contributed by atoms with van der Waals surface area (Å²) in [5.74, 6) is 0.473. The minimum Gasteiger partial charge on any atom is -0.492 e. The molecule has 1 N–H and O–H groups in total. The maximum atomic E-state index is 11.7. The van der Waals surface area contributed by atoms with Gasteiger partial charge in [0.15, 0.2) is 0 Å². The van der Waals surface area contributed by atoms with E-state index in [4.69, 9.17) is 9.47 Å². The van der Waals surface area contributed by atoms with Crippen LogP contribution < -0.4 is 10.1 Å². The van der Waals surface area contributed by atoms with Crippen molar-refractivity contribution in [2.45, 2.75) is 13.5 Å². The SMILES string of the molecule is CCOc1ccccc1NCc1ccccc1C(=O)OC. The lowest BCUT2D eigenvalue weighted by Gasteiger charge is -2.13. The molecule has 0 amide bonds. The summed E-state index contributed by atoms with van der Waals surface area (Å²) in [7, 11) is 1.39. The highest BCUT2D eigenvalue weighted by Crippen LogP contribution is 2.24. The van der Waals surface area contributed by atoms with E-state index in [2.05, 4.69) is 5.32 Å². The number of carbonyl (C=O) groups is 1. The van der Waals surface area contributed by atoms with E-state index in [9.17, 15) is 4.79 Å². The number of rotatable bonds is 6. The van der Waals surface area contributed by atoms with Crippen molar-refractivity contribution in [1.29, 1.82) is 0 Å². The third-order valence-electron chi connectivity index (χ3n) is 3.08. The quantitative estimate of drug-likeness (QED) is 0.825. The largest absolute Gasteiger partial charge is 0.492 e. The number of esters is 1. The molecule has 0 spiro atoms. The Morgan fingerprint density at radius 3 is 2.57 bits per heavy atom. The fourth-order valence-corrected chi connectivity index (χ4v) is 2.07. The van der Waals surface area contributed by atoms with Crippen molar-refractivity contribution >= 4 is 11.7 Å². The van der Waals surface area contributed by atoms with Crippen LogP contribution in [0.2, 0.25) is 0 Å². The van der Waals surface area contributed by atoms with Gasteiger partial charge in [0.25, 0.3) is 0 Å².